The van der Waals surface area contributed by atoms with Gasteiger partial charge in [-0.2, -0.15) is 5.06 Å². The first-order valence-electron chi connectivity index (χ1n) is 8.93. The molecular weight excluding hydrogens is 282 g/mol. The van der Waals surface area contributed by atoms with E-state index in [0.29, 0.717) is 0 Å². The van der Waals surface area contributed by atoms with Gasteiger partial charge >= 0.3 is 0 Å². The fourth-order valence-corrected chi connectivity index (χ4v) is 3.70. The summed E-state index contributed by atoms with van der Waals surface area (Å²) >= 11 is 0. The van der Waals surface area contributed by atoms with Crippen molar-refractivity contribution in [3.05, 3.63) is 48.0 Å². The molecule has 0 aliphatic carbocycles. The molecule has 0 amide bonds. The average Bonchev–Trinajstić information content (AvgIpc) is 2.49. The molecule has 1 saturated heterocycles. The molecule has 1 aromatic carbocycles. The van der Waals surface area contributed by atoms with Crippen LogP contribution in [0.2, 0.25) is 0 Å². The van der Waals surface area contributed by atoms with Crippen LogP contribution >= 0.6 is 0 Å². The Labute approximate surface area is 142 Å². The number of piperidine rings is 1. The van der Waals surface area contributed by atoms with Gasteiger partial charge in [-0.3, -0.25) is 4.84 Å². The normalized spacial score (nSPS) is 21.8. The van der Waals surface area contributed by atoms with Crippen LogP contribution < -0.4 is 0 Å². The zero-order valence-corrected chi connectivity index (χ0v) is 15.6. The van der Waals surface area contributed by atoms with Crippen LogP contribution in [-0.2, 0) is 11.3 Å². The maximum Gasteiger partial charge on any atom is 0.102 e. The summed E-state index contributed by atoms with van der Waals surface area (Å²) in [6.07, 6.45) is 7.77. The van der Waals surface area contributed by atoms with Crippen molar-refractivity contribution in [3.8, 4) is 0 Å². The molecule has 1 fully saturated rings. The predicted molar refractivity (Wildman–Crippen MR) is 98.3 cm³/mol. The van der Waals surface area contributed by atoms with E-state index in [9.17, 15) is 0 Å². The number of hydroxylamine groups is 2. The summed E-state index contributed by atoms with van der Waals surface area (Å²) in [5.41, 5.74) is 2.77. The van der Waals surface area contributed by atoms with Crippen LogP contribution in [-0.4, -0.2) is 16.1 Å². The number of rotatable bonds is 6. The van der Waals surface area contributed by atoms with Crippen LogP contribution in [0, 0.1) is 0 Å². The molecule has 2 heteroatoms. The van der Waals surface area contributed by atoms with Gasteiger partial charge in [-0.25, -0.2) is 0 Å². The lowest BCUT2D eigenvalue weighted by atomic mass is 9.82. The molecule has 0 bridgehead atoms. The Morgan fingerprint density at radius 1 is 1.13 bits per heavy atom. The molecule has 2 rings (SSSR count). The number of aryl methyl sites for hydroxylation is 1. The van der Waals surface area contributed by atoms with Crippen LogP contribution in [0.1, 0.15) is 77.5 Å². The Morgan fingerprint density at radius 2 is 1.70 bits per heavy atom. The number of hydrogen-bond acceptors (Lipinski definition) is 2. The molecule has 1 aliphatic rings. The molecule has 128 valence electrons. The van der Waals surface area contributed by atoms with E-state index in [1.807, 2.05) is 6.08 Å². The van der Waals surface area contributed by atoms with Gasteiger partial charge in [0.2, 0.25) is 0 Å². The van der Waals surface area contributed by atoms with Gasteiger partial charge in [0, 0.05) is 11.1 Å². The molecular formula is C21H33NO. The Bertz CT molecular complexity index is 499. The van der Waals surface area contributed by atoms with Crippen LogP contribution in [0.15, 0.2) is 36.9 Å². The molecule has 1 heterocycles. The predicted octanol–water partition coefficient (Wildman–Crippen LogP) is 5.84. The van der Waals surface area contributed by atoms with Crippen molar-refractivity contribution in [3.63, 3.8) is 0 Å². The number of allylic oxidation sites excluding steroid dienone is 1. The smallest absolute Gasteiger partial charge is 0.102 e. The summed E-state index contributed by atoms with van der Waals surface area (Å²) in [4.78, 5) is 6.45. The van der Waals surface area contributed by atoms with E-state index in [2.05, 4.69) is 70.5 Å². The molecule has 0 spiro atoms. The fourth-order valence-electron chi connectivity index (χ4n) is 3.70. The Kier molecular flexibility index (Phi) is 5.70. The highest BCUT2D eigenvalue weighted by atomic mass is 16.7. The van der Waals surface area contributed by atoms with Crippen LogP contribution in [0.4, 0.5) is 0 Å². The zero-order valence-electron chi connectivity index (χ0n) is 15.6. The van der Waals surface area contributed by atoms with Gasteiger partial charge in [0.25, 0.3) is 0 Å². The molecule has 1 aromatic rings. The van der Waals surface area contributed by atoms with Crippen molar-refractivity contribution < 1.29 is 4.84 Å². The standard InChI is InChI=1S/C21H33NO/c1-7-8-10-18-11-13-19(14-12-18)17(2)23-22-20(3,4)15-9-16-21(22,5)6/h7,11-14,17H,1,8-10,15-16H2,2-6H3. The van der Waals surface area contributed by atoms with Crippen molar-refractivity contribution in [2.24, 2.45) is 0 Å². The molecule has 1 aliphatic heterocycles. The highest BCUT2D eigenvalue weighted by Crippen LogP contribution is 2.40. The van der Waals surface area contributed by atoms with E-state index < -0.39 is 0 Å². The van der Waals surface area contributed by atoms with Crippen LogP contribution in [0.25, 0.3) is 0 Å². The summed E-state index contributed by atoms with van der Waals surface area (Å²) in [6.45, 7) is 15.1. The number of nitrogens with zero attached hydrogens (tertiary/aromatic N) is 1. The lowest BCUT2D eigenvalue weighted by molar-refractivity contribution is -0.304. The van der Waals surface area contributed by atoms with Gasteiger partial charge in [-0.1, -0.05) is 30.3 Å². The lowest BCUT2D eigenvalue weighted by Gasteiger charge is -2.52. The minimum absolute atomic E-state index is 0.0695. The Morgan fingerprint density at radius 3 is 2.22 bits per heavy atom. The summed E-state index contributed by atoms with van der Waals surface area (Å²) in [5, 5.41) is 2.25. The summed E-state index contributed by atoms with van der Waals surface area (Å²) in [5.74, 6) is 0. The van der Waals surface area contributed by atoms with E-state index in [-0.39, 0.29) is 17.2 Å². The zero-order chi connectivity index (χ0) is 17.1. The van der Waals surface area contributed by atoms with Crippen molar-refractivity contribution >= 4 is 0 Å². The van der Waals surface area contributed by atoms with Gasteiger partial charge in [-0.15, -0.1) is 6.58 Å². The first-order chi connectivity index (χ1) is 10.8. The first-order valence-corrected chi connectivity index (χ1v) is 8.93. The van der Waals surface area contributed by atoms with Gasteiger partial charge in [0.05, 0.1) is 0 Å². The molecule has 1 unspecified atom stereocenters. The number of hydrogen-bond donors (Lipinski definition) is 0. The van der Waals surface area contributed by atoms with E-state index in [1.54, 1.807) is 0 Å². The molecule has 1 atom stereocenters. The SMILES string of the molecule is C=CCCc1ccc(C(C)ON2C(C)(C)CCCC2(C)C)cc1. The van der Waals surface area contributed by atoms with Gasteiger partial charge in [-0.05, 0) is 77.8 Å². The second kappa shape index (κ2) is 7.19. The largest absolute Gasteiger partial charge is 0.290 e. The molecule has 2 nitrogen and oxygen atoms in total. The van der Waals surface area contributed by atoms with E-state index in [0.717, 1.165) is 12.8 Å². The van der Waals surface area contributed by atoms with Crippen molar-refractivity contribution in [2.75, 3.05) is 0 Å². The van der Waals surface area contributed by atoms with Gasteiger partial charge < -0.3 is 0 Å². The fraction of sp³-hybridized carbons (Fsp3) is 0.619. The number of benzene rings is 1. The summed E-state index contributed by atoms with van der Waals surface area (Å²) in [6, 6.07) is 8.83. The molecule has 0 N–H and O–H groups in total. The minimum Gasteiger partial charge on any atom is -0.290 e. The van der Waals surface area contributed by atoms with Gasteiger partial charge in [0.15, 0.2) is 0 Å². The maximum atomic E-state index is 6.45. The summed E-state index contributed by atoms with van der Waals surface area (Å²) in [7, 11) is 0. The van der Waals surface area contributed by atoms with Crippen molar-refractivity contribution in [1.29, 1.82) is 0 Å². The molecule has 0 aromatic heterocycles. The third-order valence-electron chi connectivity index (χ3n) is 5.03. The van der Waals surface area contributed by atoms with Gasteiger partial charge in [0.1, 0.15) is 6.10 Å². The van der Waals surface area contributed by atoms with Crippen LogP contribution in [0.5, 0.6) is 0 Å². The molecule has 0 radical (unpaired) electrons. The van der Waals surface area contributed by atoms with Crippen molar-refractivity contribution in [1.82, 2.24) is 5.06 Å². The van der Waals surface area contributed by atoms with E-state index >= 15 is 0 Å². The van der Waals surface area contributed by atoms with E-state index in [1.165, 1.54) is 30.4 Å². The highest BCUT2D eigenvalue weighted by Gasteiger charge is 2.43. The quantitative estimate of drug-likeness (QED) is 0.611. The third-order valence-corrected chi connectivity index (χ3v) is 5.03. The molecule has 0 saturated carbocycles. The van der Waals surface area contributed by atoms with E-state index in [4.69, 9.17) is 4.84 Å². The monoisotopic (exact) mass is 315 g/mol. The average molecular weight is 316 g/mol. The summed E-state index contributed by atoms with van der Waals surface area (Å²) < 4.78 is 0. The minimum atomic E-state index is 0.0695. The third kappa shape index (κ3) is 4.45. The first kappa shape index (κ1) is 18.2. The lowest BCUT2D eigenvalue weighted by Crippen LogP contribution is -2.58. The Balaban J connectivity index is 2.07. The second-order valence-corrected chi connectivity index (χ2v) is 8.09. The Hall–Kier alpha value is -1.12. The second-order valence-electron chi connectivity index (χ2n) is 8.09. The molecule has 23 heavy (non-hydrogen) atoms. The van der Waals surface area contributed by atoms with Crippen LogP contribution in [0.3, 0.4) is 0 Å². The maximum absolute atomic E-state index is 6.45. The highest BCUT2D eigenvalue weighted by molar-refractivity contribution is 5.24. The van der Waals surface area contributed by atoms with Crippen molar-refractivity contribution in [2.45, 2.75) is 83.9 Å². The topological polar surface area (TPSA) is 12.5 Å².